The number of aromatic nitrogens is 1. The fourth-order valence-corrected chi connectivity index (χ4v) is 18.8. The van der Waals surface area contributed by atoms with Gasteiger partial charge in [0.2, 0.25) is 0 Å². The number of allylic oxidation sites excluding steroid dienone is 2. The van der Waals surface area contributed by atoms with E-state index in [2.05, 4.69) is 53.2 Å². The van der Waals surface area contributed by atoms with Gasteiger partial charge in [-0.25, -0.2) is 0 Å². The van der Waals surface area contributed by atoms with Crippen LogP contribution in [0.2, 0.25) is 0 Å². The molecule has 78 heavy (non-hydrogen) atoms. The van der Waals surface area contributed by atoms with Crippen LogP contribution in [0.15, 0.2) is 97.2 Å². The van der Waals surface area contributed by atoms with E-state index in [1.54, 1.807) is 79.7 Å². The summed E-state index contributed by atoms with van der Waals surface area (Å²) in [5, 5.41) is 58.0. The van der Waals surface area contributed by atoms with E-state index in [4.69, 9.17) is 16.2 Å². The van der Waals surface area contributed by atoms with Gasteiger partial charge in [0.05, 0.1) is 37.5 Å². The number of Topliss-reactive ketones (excluding diaryl/α,β-unsaturated/α-hetero) is 1. The van der Waals surface area contributed by atoms with Gasteiger partial charge in [-0.05, 0) is 163 Å². The van der Waals surface area contributed by atoms with Crippen LogP contribution in [0, 0.1) is 40.9 Å². The number of nitrogens with one attached hydrogen (secondary N) is 1. The number of aliphatic hydroxyl groups excluding tert-OH is 2. The van der Waals surface area contributed by atoms with Gasteiger partial charge in [-0.3, -0.25) is 9.59 Å². The minimum Gasteiger partial charge on any atom is -0.508 e. The Morgan fingerprint density at radius 3 is 2.49 bits per heavy atom. The summed E-state index contributed by atoms with van der Waals surface area (Å²) in [7, 11) is 6.88. The Labute approximate surface area is 474 Å². The number of aliphatic hydroxyl groups is 3. The lowest BCUT2D eigenvalue weighted by atomic mass is 9.72. The van der Waals surface area contributed by atoms with Crippen LogP contribution in [0.3, 0.4) is 0 Å². The molecule has 2 fully saturated rings. The number of aryl methyl sites for hydroxylation is 1. The molecule has 1 saturated heterocycles. The first-order valence-corrected chi connectivity index (χ1v) is 32.6. The number of phenols is 2. The molecule has 10 N–H and O–H groups in total. The summed E-state index contributed by atoms with van der Waals surface area (Å²) in [4.78, 5) is 31.7. The number of carbonyl (C=O) groups excluding carboxylic acids is 2. The summed E-state index contributed by atoms with van der Waals surface area (Å²) < 4.78 is 6.23. The molecule has 10 rings (SSSR count). The molecule has 2 aliphatic heterocycles. The van der Waals surface area contributed by atoms with Gasteiger partial charge in [-0.1, -0.05) is 110 Å². The number of ketones is 2. The predicted octanol–water partition coefficient (Wildman–Crippen LogP) is 10.9. The van der Waals surface area contributed by atoms with Gasteiger partial charge in [-0.2, -0.15) is 0 Å². The molecule has 5 aromatic rings. The zero-order valence-corrected chi connectivity index (χ0v) is 47.6. The van der Waals surface area contributed by atoms with Gasteiger partial charge in [0.15, 0.2) is 23.1 Å². The minimum absolute atomic E-state index is 0.000497. The summed E-state index contributed by atoms with van der Waals surface area (Å²) in [5.74, 6) is 9.39. The Morgan fingerprint density at radius 1 is 0.859 bits per heavy atom. The molecule has 11 nitrogen and oxygen atoms in total. The van der Waals surface area contributed by atoms with Gasteiger partial charge in [-0.15, -0.1) is 0 Å². The van der Waals surface area contributed by atoms with Crippen molar-refractivity contribution in [2.24, 2.45) is 40.6 Å². The monoisotopic (exact) mass is 1130 g/mol. The number of phenolic OH excluding ortho intramolecular Hbond substituents is 2. The van der Waals surface area contributed by atoms with E-state index in [-0.39, 0.29) is 78.7 Å². The minimum atomic E-state index is -1.06. The zero-order valence-electron chi connectivity index (χ0n) is 44.3. The highest BCUT2D eigenvalue weighted by atomic mass is 33.1. The highest BCUT2D eigenvalue weighted by molar-refractivity contribution is 8.77. The third kappa shape index (κ3) is 12.9. The van der Waals surface area contributed by atoms with Crippen molar-refractivity contribution in [1.82, 2.24) is 4.98 Å². The van der Waals surface area contributed by atoms with Crippen molar-refractivity contribution < 1.29 is 39.9 Å². The quantitative estimate of drug-likeness (QED) is 0.0478. The molecule has 15 heteroatoms. The molecule has 11 bridgehead atoms. The first-order chi connectivity index (χ1) is 37.7. The third-order valence-corrected chi connectivity index (χ3v) is 22.4. The lowest BCUT2D eigenvalue weighted by Gasteiger charge is -2.34. The van der Waals surface area contributed by atoms with Gasteiger partial charge in [0.1, 0.15) is 5.75 Å². The molecule has 0 radical (unpaired) electrons. The number of rotatable bonds is 4. The van der Waals surface area contributed by atoms with E-state index in [0.717, 1.165) is 64.9 Å². The second-order valence-electron chi connectivity index (χ2n) is 22.8. The van der Waals surface area contributed by atoms with Crippen LogP contribution in [0.4, 0.5) is 0 Å². The van der Waals surface area contributed by atoms with Crippen molar-refractivity contribution in [2.75, 3.05) is 30.5 Å². The first-order valence-electron chi connectivity index (χ1n) is 27.6. The topological polar surface area (TPSA) is 212 Å². The number of hydrogen-bond donors (Lipinski definition) is 8. The van der Waals surface area contributed by atoms with Crippen LogP contribution in [0.25, 0.3) is 0 Å². The fourth-order valence-electron chi connectivity index (χ4n) is 13.3. The van der Waals surface area contributed by atoms with Crippen molar-refractivity contribution in [1.29, 1.82) is 0 Å². The Balaban J connectivity index is 1.02. The Morgan fingerprint density at radius 2 is 1.67 bits per heavy atom. The smallest absolute Gasteiger partial charge is 0.165 e. The van der Waals surface area contributed by atoms with Crippen LogP contribution in [-0.4, -0.2) is 84.3 Å². The van der Waals surface area contributed by atoms with E-state index in [0.29, 0.717) is 78.2 Å². The van der Waals surface area contributed by atoms with E-state index in [1.807, 2.05) is 31.2 Å². The summed E-state index contributed by atoms with van der Waals surface area (Å²) in [5.41, 5.74) is 20.8. The first kappa shape index (κ1) is 56.7. The van der Waals surface area contributed by atoms with Crippen molar-refractivity contribution in [2.45, 2.75) is 119 Å². The molecule has 9 unspecified atom stereocenters. The molecular weight excluding hydrogens is 1050 g/mol. The van der Waals surface area contributed by atoms with E-state index in [1.165, 1.54) is 11.1 Å². The normalized spacial score (nSPS) is 27.6. The molecule has 412 valence electrons. The lowest BCUT2D eigenvalue weighted by Crippen LogP contribution is -2.37. The number of aromatic hydroxyl groups is 2. The van der Waals surface area contributed by atoms with Crippen LogP contribution in [-0.2, 0) is 36.2 Å². The van der Waals surface area contributed by atoms with E-state index >= 15 is 0 Å². The highest BCUT2D eigenvalue weighted by Gasteiger charge is 2.53. The maximum atomic E-state index is 14.4. The Kier molecular flexibility index (Phi) is 18.2. The van der Waals surface area contributed by atoms with Crippen LogP contribution in [0.5, 0.6) is 17.2 Å². The average Bonchev–Trinajstić information content (AvgIpc) is 4.10. The molecule has 3 heterocycles. The molecular formula is C63H73N3O8S4. The number of ether oxygens (including phenoxy) is 1. The molecule has 3 aliphatic carbocycles. The lowest BCUT2D eigenvalue weighted by molar-refractivity contribution is -0.114. The van der Waals surface area contributed by atoms with Crippen molar-refractivity contribution in [3.05, 3.63) is 159 Å². The summed E-state index contributed by atoms with van der Waals surface area (Å²) >= 11 is 0. The summed E-state index contributed by atoms with van der Waals surface area (Å²) in [6, 6.07) is 25.0. The number of benzene rings is 4. The number of hydrogen-bond acceptors (Lipinski definition) is 14. The van der Waals surface area contributed by atoms with Gasteiger partial charge in [0, 0.05) is 82.7 Å². The second-order valence-corrected chi connectivity index (χ2v) is 27.8. The maximum Gasteiger partial charge on any atom is 0.165 e. The van der Waals surface area contributed by atoms with Crippen molar-refractivity contribution in [3.63, 3.8) is 0 Å². The largest absolute Gasteiger partial charge is 0.508 e. The average molecular weight is 1130 g/mol. The Hall–Kier alpha value is -4.60. The molecule has 4 aromatic carbocycles. The highest BCUT2D eigenvalue weighted by Crippen LogP contribution is 2.57. The molecule has 5 aliphatic rings. The van der Waals surface area contributed by atoms with Crippen LogP contribution < -0.4 is 16.2 Å². The summed E-state index contributed by atoms with van der Waals surface area (Å²) in [6.45, 7) is 2.16. The summed E-state index contributed by atoms with van der Waals surface area (Å²) in [6.07, 6.45) is 11.0. The fraction of sp³-hybridized carbons (Fsp3) is 0.460. The number of H-pyrrole nitrogens is 1. The standard InChI is InChI=1S/C63H73N3O8S4/c1-38(68)23-41-15-19-62-20-16-48(69)12-9-39-11-14-58(71)60(25-39)74-22-18-40-10-13-57(70)54(24-40)53-30-59(72)50-17-21-66-56(50)8-4-6-43-28-52(61(64)65)46(29-51(43)53)34-75-77-35-47(31-62)63(73,36-62)37-78-76-33-45-27-44(41)26-42-5-2-3-7-49(42)55(45)32-67/h2-3,5,7,10-11,13-14,16-17,20-21,24-25,28-29,38,41,44-45,47,53,55,61,66-68,70-71,73H,8-9,12,15,18-19,22-23,26-27,30-37,64-65H2,1H3. The predicted molar refractivity (Wildman–Crippen MR) is 317 cm³/mol. The zero-order chi connectivity index (χ0) is 54.6. The van der Waals surface area contributed by atoms with Gasteiger partial charge >= 0.3 is 0 Å². The number of aromatic amines is 1. The molecule has 1 aromatic heterocycles. The number of fused-ring (bicyclic) bond motifs is 13. The number of nitrogens with two attached hydrogens (primary N) is 2. The third-order valence-electron chi connectivity index (χ3n) is 17.4. The van der Waals surface area contributed by atoms with E-state index in [9.17, 15) is 35.1 Å². The van der Waals surface area contributed by atoms with Crippen LogP contribution in [0.1, 0.15) is 142 Å². The van der Waals surface area contributed by atoms with Gasteiger partial charge in [0.25, 0.3) is 0 Å². The number of carbonyl (C=O) groups is 2. The van der Waals surface area contributed by atoms with Crippen molar-refractivity contribution in [3.8, 4) is 29.1 Å². The van der Waals surface area contributed by atoms with Crippen molar-refractivity contribution >= 4 is 54.7 Å². The Bertz CT molecular complexity index is 3080. The maximum absolute atomic E-state index is 14.4. The molecule has 0 amide bonds. The SMILES string of the molecule is CC(O)CC1CCC23C=CC(=O)CCc4ccc(O)c(c4)OCCc4ccc(O)c(c4)C4CC(=O)c5cc[nH]c5CC#Cc5cc(C(N)N)c(cc54)CSSCC(C2)C(O)(CSSCC2CC1Cc1ccccc1C2CO)C3. The van der Waals surface area contributed by atoms with Crippen LogP contribution >= 0.6 is 43.2 Å². The molecule has 1 saturated carbocycles. The second kappa shape index (κ2) is 25.0. The van der Waals surface area contributed by atoms with Gasteiger partial charge < -0.3 is 46.7 Å². The van der Waals surface area contributed by atoms with E-state index < -0.39 is 29.2 Å². The molecule has 1 spiro atoms. The molecule has 9 atom stereocenters.